The van der Waals surface area contributed by atoms with Gasteiger partial charge in [0.05, 0.1) is 25.0 Å². The summed E-state index contributed by atoms with van der Waals surface area (Å²) in [5, 5.41) is 13.1. The molecule has 3 aromatic rings. The molecule has 0 aliphatic heterocycles. The second-order valence-corrected chi connectivity index (χ2v) is 5.16. The molecular weight excluding hydrogens is 313 g/mol. The lowest BCUT2D eigenvalue weighted by Crippen LogP contribution is -2.28. The number of halogens is 1. The van der Waals surface area contributed by atoms with Crippen molar-refractivity contribution in [1.82, 2.24) is 20.3 Å². The molecule has 7 nitrogen and oxygen atoms in total. The molecule has 0 unspecified atom stereocenters. The molecule has 0 fully saturated rings. The molecule has 1 aromatic carbocycles. The molecule has 0 aliphatic rings. The minimum Gasteiger partial charge on any atom is -0.467 e. The van der Waals surface area contributed by atoms with Gasteiger partial charge in [0.25, 0.3) is 0 Å². The lowest BCUT2D eigenvalue weighted by Gasteiger charge is -2.06. The van der Waals surface area contributed by atoms with E-state index in [0.717, 1.165) is 0 Å². The fourth-order valence-corrected chi connectivity index (χ4v) is 2.15. The van der Waals surface area contributed by atoms with Crippen molar-refractivity contribution < 1.29 is 13.6 Å². The first-order valence-corrected chi connectivity index (χ1v) is 7.34. The number of amides is 2. The molecule has 0 atom stereocenters. The molecule has 0 saturated heterocycles. The maximum atomic E-state index is 13.7. The molecular formula is C16H16FN5O2. The second-order valence-electron chi connectivity index (χ2n) is 5.16. The van der Waals surface area contributed by atoms with Crippen molar-refractivity contribution in [2.24, 2.45) is 0 Å². The number of hydrogen-bond acceptors (Lipinski definition) is 4. The molecule has 0 spiro atoms. The van der Waals surface area contributed by atoms with Crippen LogP contribution in [0.4, 0.5) is 15.0 Å². The summed E-state index contributed by atoms with van der Waals surface area (Å²) in [6, 6.07) is 9.54. The Morgan fingerprint density at radius 1 is 1.29 bits per heavy atom. The molecule has 0 bridgehead atoms. The number of carbonyl (C=O) groups excluding carboxylic acids is 1. The van der Waals surface area contributed by atoms with Crippen LogP contribution in [0, 0.1) is 12.7 Å². The van der Waals surface area contributed by atoms with Gasteiger partial charge in [-0.15, -0.1) is 5.10 Å². The number of furan rings is 1. The van der Waals surface area contributed by atoms with E-state index >= 15 is 0 Å². The van der Waals surface area contributed by atoms with Gasteiger partial charge in [-0.1, -0.05) is 23.4 Å². The van der Waals surface area contributed by atoms with Crippen molar-refractivity contribution in [1.29, 1.82) is 0 Å². The van der Waals surface area contributed by atoms with E-state index in [1.54, 1.807) is 37.3 Å². The summed E-state index contributed by atoms with van der Waals surface area (Å²) in [4.78, 5) is 11.9. The summed E-state index contributed by atoms with van der Waals surface area (Å²) in [7, 11) is 0. The standard InChI is InChI=1S/C16H16FN5O2/c1-11-15(19-16(23)18-9-13-6-4-8-24-13)20-21-22(11)10-12-5-2-3-7-14(12)17/h2-8H,9-10H2,1H3,(H2,18,19,23). The summed E-state index contributed by atoms with van der Waals surface area (Å²) in [5.41, 5.74) is 1.13. The molecule has 3 rings (SSSR count). The van der Waals surface area contributed by atoms with Crippen molar-refractivity contribution in [3.63, 3.8) is 0 Å². The van der Waals surface area contributed by atoms with Crippen molar-refractivity contribution in [3.05, 3.63) is 65.5 Å². The molecule has 24 heavy (non-hydrogen) atoms. The largest absolute Gasteiger partial charge is 0.467 e. The molecule has 0 radical (unpaired) electrons. The first-order valence-electron chi connectivity index (χ1n) is 7.34. The van der Waals surface area contributed by atoms with Crippen molar-refractivity contribution in [2.75, 3.05) is 5.32 Å². The number of urea groups is 1. The van der Waals surface area contributed by atoms with Crippen LogP contribution in [0.2, 0.25) is 0 Å². The number of nitrogens with zero attached hydrogens (tertiary/aromatic N) is 3. The summed E-state index contributed by atoms with van der Waals surface area (Å²) >= 11 is 0. The minimum atomic E-state index is -0.424. The van der Waals surface area contributed by atoms with Crippen LogP contribution in [0.1, 0.15) is 17.0 Å². The second kappa shape index (κ2) is 6.95. The smallest absolute Gasteiger partial charge is 0.320 e. The number of carbonyl (C=O) groups is 1. The number of rotatable bonds is 5. The highest BCUT2D eigenvalue weighted by Crippen LogP contribution is 2.14. The van der Waals surface area contributed by atoms with Gasteiger partial charge in [0.1, 0.15) is 11.6 Å². The van der Waals surface area contributed by atoms with E-state index in [2.05, 4.69) is 20.9 Å². The summed E-state index contributed by atoms with van der Waals surface area (Å²) in [5.74, 6) is 0.659. The molecule has 124 valence electrons. The predicted molar refractivity (Wildman–Crippen MR) is 84.8 cm³/mol. The highest BCUT2D eigenvalue weighted by Gasteiger charge is 2.13. The lowest BCUT2D eigenvalue weighted by molar-refractivity contribution is 0.250. The van der Waals surface area contributed by atoms with Crippen LogP contribution >= 0.6 is 0 Å². The Bertz CT molecular complexity index is 829. The SMILES string of the molecule is Cc1c(NC(=O)NCc2ccco2)nnn1Cc1ccccc1F. The van der Waals surface area contributed by atoms with E-state index in [4.69, 9.17) is 4.42 Å². The predicted octanol–water partition coefficient (Wildman–Crippen LogP) is 2.69. The molecule has 2 N–H and O–H groups in total. The van der Waals surface area contributed by atoms with Crippen LogP contribution in [-0.4, -0.2) is 21.0 Å². The third kappa shape index (κ3) is 3.60. The van der Waals surface area contributed by atoms with E-state index in [-0.39, 0.29) is 18.9 Å². The van der Waals surface area contributed by atoms with Crippen molar-refractivity contribution in [3.8, 4) is 0 Å². The number of nitrogens with one attached hydrogen (secondary N) is 2. The van der Waals surface area contributed by atoms with Crippen LogP contribution in [0.25, 0.3) is 0 Å². The van der Waals surface area contributed by atoms with Crippen molar-refractivity contribution in [2.45, 2.75) is 20.0 Å². The Kier molecular flexibility index (Phi) is 4.55. The maximum absolute atomic E-state index is 13.7. The Morgan fingerprint density at radius 3 is 2.88 bits per heavy atom. The average Bonchev–Trinajstić information content (AvgIpc) is 3.20. The van der Waals surface area contributed by atoms with Gasteiger partial charge in [0.15, 0.2) is 5.82 Å². The van der Waals surface area contributed by atoms with Crippen LogP contribution in [0.5, 0.6) is 0 Å². The van der Waals surface area contributed by atoms with E-state index in [1.165, 1.54) is 17.0 Å². The van der Waals surface area contributed by atoms with Gasteiger partial charge in [0, 0.05) is 5.56 Å². The van der Waals surface area contributed by atoms with Crippen LogP contribution in [-0.2, 0) is 13.1 Å². The topological polar surface area (TPSA) is 85.0 Å². The molecule has 2 heterocycles. The zero-order valence-corrected chi connectivity index (χ0v) is 13.0. The number of anilines is 1. The van der Waals surface area contributed by atoms with Crippen molar-refractivity contribution >= 4 is 11.8 Å². The summed E-state index contributed by atoms with van der Waals surface area (Å²) in [6.45, 7) is 2.26. The van der Waals surface area contributed by atoms with E-state index in [1.807, 2.05) is 0 Å². The monoisotopic (exact) mass is 329 g/mol. The van der Waals surface area contributed by atoms with Crippen LogP contribution < -0.4 is 10.6 Å². The van der Waals surface area contributed by atoms with E-state index in [9.17, 15) is 9.18 Å². The molecule has 0 aliphatic carbocycles. The summed E-state index contributed by atoms with van der Waals surface area (Å²) in [6.07, 6.45) is 1.54. The average molecular weight is 329 g/mol. The van der Waals surface area contributed by atoms with Crippen LogP contribution in [0.15, 0.2) is 47.1 Å². The maximum Gasteiger partial charge on any atom is 0.320 e. The van der Waals surface area contributed by atoms with E-state index in [0.29, 0.717) is 22.8 Å². The zero-order valence-electron chi connectivity index (χ0n) is 13.0. The third-order valence-corrected chi connectivity index (χ3v) is 3.50. The number of aromatic nitrogens is 3. The Labute approximate surface area is 137 Å². The summed E-state index contributed by atoms with van der Waals surface area (Å²) < 4.78 is 20.4. The first kappa shape index (κ1) is 15.7. The van der Waals surface area contributed by atoms with Gasteiger partial charge in [-0.25, -0.2) is 13.9 Å². The lowest BCUT2D eigenvalue weighted by atomic mass is 10.2. The fraction of sp³-hybridized carbons (Fsp3) is 0.188. The highest BCUT2D eigenvalue weighted by molar-refractivity contribution is 5.88. The zero-order chi connectivity index (χ0) is 16.9. The number of hydrogen-bond donors (Lipinski definition) is 2. The molecule has 2 aromatic heterocycles. The van der Waals surface area contributed by atoms with E-state index < -0.39 is 6.03 Å². The molecule has 0 saturated carbocycles. The first-order chi connectivity index (χ1) is 11.6. The van der Waals surface area contributed by atoms with Gasteiger partial charge in [-0.05, 0) is 25.1 Å². The van der Waals surface area contributed by atoms with Gasteiger partial charge >= 0.3 is 6.03 Å². The highest BCUT2D eigenvalue weighted by atomic mass is 19.1. The van der Waals surface area contributed by atoms with Gasteiger partial charge in [-0.2, -0.15) is 0 Å². The third-order valence-electron chi connectivity index (χ3n) is 3.50. The number of benzene rings is 1. The Hall–Kier alpha value is -3.16. The van der Waals surface area contributed by atoms with Gasteiger partial charge < -0.3 is 9.73 Å². The molecule has 8 heteroatoms. The Balaban J connectivity index is 1.62. The Morgan fingerprint density at radius 2 is 2.12 bits per heavy atom. The minimum absolute atomic E-state index is 0.237. The molecule has 2 amide bonds. The quantitative estimate of drug-likeness (QED) is 0.754. The van der Waals surface area contributed by atoms with Gasteiger partial charge in [-0.3, -0.25) is 5.32 Å². The fourth-order valence-electron chi connectivity index (χ4n) is 2.15. The van der Waals surface area contributed by atoms with Gasteiger partial charge in [0.2, 0.25) is 0 Å². The normalized spacial score (nSPS) is 10.6. The van der Waals surface area contributed by atoms with Crippen LogP contribution in [0.3, 0.4) is 0 Å².